The first-order chi connectivity index (χ1) is 5.74. The van der Waals surface area contributed by atoms with Gasteiger partial charge in [0.15, 0.2) is 5.78 Å². The number of hydrogen-bond donors (Lipinski definition) is 0. The van der Waals surface area contributed by atoms with E-state index in [1.807, 2.05) is 6.92 Å². The van der Waals surface area contributed by atoms with Crippen LogP contribution in [0.3, 0.4) is 0 Å². The van der Waals surface area contributed by atoms with Gasteiger partial charge in [-0.1, -0.05) is 5.92 Å². The molecule has 0 saturated carbocycles. The summed E-state index contributed by atoms with van der Waals surface area (Å²) in [6.07, 6.45) is 0.277. The number of ketones is 1. The predicted molar refractivity (Wildman–Crippen MR) is 49.2 cm³/mol. The standard InChI is InChI=1S/C9H9NOS/c1-3-4-5-9(11)8-6-12-7(2)10-8/h6H,5H2,1-2H3. The van der Waals surface area contributed by atoms with Gasteiger partial charge in [0.05, 0.1) is 11.4 Å². The molecule has 0 atom stereocenters. The molecule has 3 heteroatoms. The fourth-order valence-corrected chi connectivity index (χ4v) is 1.37. The Morgan fingerprint density at radius 3 is 3.00 bits per heavy atom. The van der Waals surface area contributed by atoms with Crippen molar-refractivity contribution in [2.45, 2.75) is 20.3 Å². The zero-order valence-electron chi connectivity index (χ0n) is 7.05. The Balaban J connectivity index is 2.69. The highest BCUT2D eigenvalue weighted by Gasteiger charge is 2.06. The van der Waals surface area contributed by atoms with Crippen LogP contribution >= 0.6 is 11.3 Å². The summed E-state index contributed by atoms with van der Waals surface area (Å²) >= 11 is 1.49. The second kappa shape index (κ2) is 4.03. The van der Waals surface area contributed by atoms with E-state index in [1.54, 1.807) is 12.3 Å². The highest BCUT2D eigenvalue weighted by molar-refractivity contribution is 7.09. The van der Waals surface area contributed by atoms with Crippen molar-refractivity contribution in [2.24, 2.45) is 0 Å². The summed E-state index contributed by atoms with van der Waals surface area (Å²) in [5, 5.41) is 2.69. The van der Waals surface area contributed by atoms with Crippen LogP contribution in [0.15, 0.2) is 5.38 Å². The second-order valence-electron chi connectivity index (χ2n) is 2.28. The lowest BCUT2D eigenvalue weighted by Crippen LogP contribution is -1.97. The summed E-state index contributed by atoms with van der Waals surface area (Å²) in [5.74, 6) is 5.41. The van der Waals surface area contributed by atoms with E-state index in [-0.39, 0.29) is 12.2 Å². The van der Waals surface area contributed by atoms with Crippen molar-refractivity contribution in [1.29, 1.82) is 0 Å². The number of Topliss-reactive ketones (excluding diaryl/α,β-unsaturated/α-hetero) is 1. The van der Waals surface area contributed by atoms with Gasteiger partial charge in [0.2, 0.25) is 0 Å². The Hall–Kier alpha value is -1.14. The van der Waals surface area contributed by atoms with Gasteiger partial charge < -0.3 is 0 Å². The first kappa shape index (κ1) is 8.95. The molecule has 0 radical (unpaired) electrons. The maximum Gasteiger partial charge on any atom is 0.193 e. The minimum Gasteiger partial charge on any atom is -0.291 e. The van der Waals surface area contributed by atoms with Crippen molar-refractivity contribution in [3.8, 4) is 11.8 Å². The third kappa shape index (κ3) is 2.18. The third-order valence-corrected chi connectivity index (χ3v) is 2.10. The van der Waals surface area contributed by atoms with Crippen molar-refractivity contribution in [2.75, 3.05) is 0 Å². The Morgan fingerprint density at radius 2 is 2.50 bits per heavy atom. The number of thiazole rings is 1. The monoisotopic (exact) mass is 179 g/mol. The lowest BCUT2D eigenvalue weighted by Gasteiger charge is -1.86. The van der Waals surface area contributed by atoms with Gasteiger partial charge >= 0.3 is 0 Å². The van der Waals surface area contributed by atoms with Crippen molar-refractivity contribution in [3.63, 3.8) is 0 Å². The third-order valence-electron chi connectivity index (χ3n) is 1.33. The Kier molecular flexibility index (Phi) is 3.01. The highest BCUT2D eigenvalue weighted by atomic mass is 32.1. The van der Waals surface area contributed by atoms with Gasteiger partial charge in [0.25, 0.3) is 0 Å². The molecule has 12 heavy (non-hydrogen) atoms. The SMILES string of the molecule is CC#CCC(=O)c1csc(C)n1. The highest BCUT2D eigenvalue weighted by Crippen LogP contribution is 2.09. The average Bonchev–Trinajstić information content (AvgIpc) is 2.47. The average molecular weight is 179 g/mol. The largest absolute Gasteiger partial charge is 0.291 e. The maximum absolute atomic E-state index is 11.3. The summed E-state index contributed by atoms with van der Waals surface area (Å²) in [6.45, 7) is 3.60. The zero-order chi connectivity index (χ0) is 8.97. The smallest absolute Gasteiger partial charge is 0.193 e. The number of aryl methyl sites for hydroxylation is 1. The van der Waals surface area contributed by atoms with E-state index in [4.69, 9.17) is 0 Å². The van der Waals surface area contributed by atoms with Crippen LogP contribution in [0.5, 0.6) is 0 Å². The van der Waals surface area contributed by atoms with Gasteiger partial charge in [-0.25, -0.2) is 4.98 Å². The van der Waals surface area contributed by atoms with Crippen LogP contribution in [0.1, 0.15) is 28.8 Å². The summed E-state index contributed by atoms with van der Waals surface area (Å²) < 4.78 is 0. The predicted octanol–water partition coefficient (Wildman–Crippen LogP) is 2.05. The molecule has 1 rings (SSSR count). The first-order valence-corrected chi connectivity index (χ1v) is 4.47. The van der Waals surface area contributed by atoms with Gasteiger partial charge in [-0.3, -0.25) is 4.79 Å². The molecule has 0 aromatic carbocycles. The molecule has 1 aromatic heterocycles. The van der Waals surface area contributed by atoms with E-state index < -0.39 is 0 Å². The van der Waals surface area contributed by atoms with Gasteiger partial charge in [-0.05, 0) is 13.8 Å². The van der Waals surface area contributed by atoms with Gasteiger partial charge in [-0.2, -0.15) is 0 Å². The van der Waals surface area contributed by atoms with Crippen molar-refractivity contribution in [3.05, 3.63) is 16.1 Å². The number of nitrogens with zero attached hydrogens (tertiary/aromatic N) is 1. The lowest BCUT2D eigenvalue weighted by atomic mass is 10.2. The molecule has 0 spiro atoms. The number of rotatable bonds is 2. The number of carbonyl (C=O) groups is 1. The molecular weight excluding hydrogens is 170 g/mol. The Bertz CT molecular complexity index is 343. The van der Waals surface area contributed by atoms with E-state index in [0.29, 0.717) is 5.69 Å². The molecule has 0 bridgehead atoms. The molecule has 1 heterocycles. The minimum atomic E-state index is 0.00806. The normalized spacial score (nSPS) is 8.83. The number of aromatic nitrogens is 1. The molecule has 0 saturated heterocycles. The molecule has 0 amide bonds. The molecule has 0 fully saturated rings. The van der Waals surface area contributed by atoms with Gasteiger partial charge in [0, 0.05) is 5.38 Å². The fourth-order valence-electron chi connectivity index (χ4n) is 0.751. The van der Waals surface area contributed by atoms with Crippen LogP contribution in [0.4, 0.5) is 0 Å². The molecule has 62 valence electrons. The van der Waals surface area contributed by atoms with Crippen LogP contribution in [0, 0.1) is 18.8 Å². The van der Waals surface area contributed by atoms with Crippen molar-refractivity contribution < 1.29 is 4.79 Å². The maximum atomic E-state index is 11.3. The van der Waals surface area contributed by atoms with Gasteiger partial charge in [-0.15, -0.1) is 17.3 Å². The molecule has 0 unspecified atom stereocenters. The van der Waals surface area contributed by atoms with Crippen molar-refractivity contribution in [1.82, 2.24) is 4.98 Å². The molecular formula is C9H9NOS. The van der Waals surface area contributed by atoms with Crippen LogP contribution in [0.25, 0.3) is 0 Å². The van der Waals surface area contributed by atoms with E-state index >= 15 is 0 Å². The zero-order valence-corrected chi connectivity index (χ0v) is 7.86. The molecule has 1 aromatic rings. The molecule has 2 nitrogen and oxygen atoms in total. The molecule has 0 aliphatic carbocycles. The molecule has 0 aliphatic heterocycles. The Labute approximate surface area is 75.6 Å². The summed E-state index contributed by atoms with van der Waals surface area (Å²) in [6, 6.07) is 0. The first-order valence-electron chi connectivity index (χ1n) is 3.59. The lowest BCUT2D eigenvalue weighted by molar-refractivity contribution is 0.0994. The molecule has 0 aliphatic rings. The van der Waals surface area contributed by atoms with E-state index in [9.17, 15) is 4.79 Å². The molecule has 0 N–H and O–H groups in total. The number of carbonyl (C=O) groups excluding carboxylic acids is 1. The van der Waals surface area contributed by atoms with Crippen LogP contribution < -0.4 is 0 Å². The van der Waals surface area contributed by atoms with Gasteiger partial charge in [0.1, 0.15) is 5.69 Å². The van der Waals surface area contributed by atoms with Crippen molar-refractivity contribution >= 4 is 17.1 Å². The van der Waals surface area contributed by atoms with E-state index in [1.165, 1.54) is 11.3 Å². The number of hydrogen-bond acceptors (Lipinski definition) is 3. The van der Waals surface area contributed by atoms with Crippen LogP contribution in [-0.4, -0.2) is 10.8 Å². The summed E-state index contributed by atoms with van der Waals surface area (Å²) in [4.78, 5) is 15.3. The van der Waals surface area contributed by atoms with Crippen LogP contribution in [0.2, 0.25) is 0 Å². The van der Waals surface area contributed by atoms with Crippen LogP contribution in [-0.2, 0) is 0 Å². The Morgan fingerprint density at radius 1 is 1.75 bits per heavy atom. The second-order valence-corrected chi connectivity index (χ2v) is 3.34. The minimum absolute atomic E-state index is 0.00806. The quantitative estimate of drug-likeness (QED) is 0.513. The summed E-state index contributed by atoms with van der Waals surface area (Å²) in [5.41, 5.74) is 0.542. The fraction of sp³-hybridized carbons (Fsp3) is 0.333. The van der Waals surface area contributed by atoms with E-state index in [0.717, 1.165) is 5.01 Å². The topological polar surface area (TPSA) is 30.0 Å². The van der Waals surface area contributed by atoms with E-state index in [2.05, 4.69) is 16.8 Å². The summed E-state index contributed by atoms with van der Waals surface area (Å²) in [7, 11) is 0.